The summed E-state index contributed by atoms with van der Waals surface area (Å²) in [6.45, 7) is 3.03. The predicted octanol–water partition coefficient (Wildman–Crippen LogP) is 1.71. The minimum atomic E-state index is -0.488. The van der Waals surface area contributed by atoms with Crippen molar-refractivity contribution in [3.05, 3.63) is 35.7 Å². The Bertz CT molecular complexity index is 591. The van der Waals surface area contributed by atoms with E-state index in [4.69, 9.17) is 0 Å². The van der Waals surface area contributed by atoms with Crippen LogP contribution in [-0.2, 0) is 4.79 Å². The molecule has 0 saturated heterocycles. The Balaban J connectivity index is 2.80. The van der Waals surface area contributed by atoms with Crippen LogP contribution in [0.15, 0.2) is 24.5 Å². The monoisotopic (exact) mass is 214 g/mol. The normalized spacial score (nSPS) is 10.4. The van der Waals surface area contributed by atoms with E-state index in [-0.39, 0.29) is 0 Å². The van der Waals surface area contributed by atoms with Gasteiger partial charge in [0, 0.05) is 30.3 Å². The lowest BCUT2D eigenvalue weighted by atomic mass is 10.0. The van der Waals surface area contributed by atoms with Crippen molar-refractivity contribution < 1.29 is 9.59 Å². The van der Waals surface area contributed by atoms with Gasteiger partial charge in [0.2, 0.25) is 5.78 Å². The maximum atomic E-state index is 11.8. The van der Waals surface area contributed by atoms with E-state index < -0.39 is 11.6 Å². The fourth-order valence-corrected chi connectivity index (χ4v) is 1.61. The summed E-state index contributed by atoms with van der Waals surface area (Å²) in [5.74, 6) is -0.961. The third kappa shape index (κ3) is 1.58. The molecule has 0 aliphatic heterocycles. The highest BCUT2D eigenvalue weighted by molar-refractivity contribution is 6.45. The molecule has 0 unspecified atom stereocenters. The van der Waals surface area contributed by atoms with Crippen molar-refractivity contribution in [2.75, 3.05) is 0 Å². The Morgan fingerprint density at radius 1 is 1.25 bits per heavy atom. The van der Waals surface area contributed by atoms with Crippen molar-refractivity contribution in [1.29, 1.82) is 0 Å². The van der Waals surface area contributed by atoms with Crippen LogP contribution in [0.4, 0.5) is 0 Å². The van der Waals surface area contributed by atoms with Crippen LogP contribution in [0.3, 0.4) is 0 Å². The molecule has 0 spiro atoms. The van der Waals surface area contributed by atoms with E-state index in [9.17, 15) is 9.59 Å². The highest BCUT2D eigenvalue weighted by Gasteiger charge is 2.17. The van der Waals surface area contributed by atoms with E-state index in [1.54, 1.807) is 31.5 Å². The summed E-state index contributed by atoms with van der Waals surface area (Å²) in [7, 11) is 0. The molecular weight excluding hydrogens is 204 g/mol. The van der Waals surface area contributed by atoms with Gasteiger partial charge >= 0.3 is 0 Å². The van der Waals surface area contributed by atoms with Gasteiger partial charge in [-0.15, -0.1) is 0 Å². The third-order valence-corrected chi connectivity index (χ3v) is 2.38. The van der Waals surface area contributed by atoms with Crippen LogP contribution in [0.25, 0.3) is 11.0 Å². The summed E-state index contributed by atoms with van der Waals surface area (Å²) in [5.41, 5.74) is 1.59. The van der Waals surface area contributed by atoms with Gasteiger partial charge in [-0.05, 0) is 24.6 Å². The molecule has 0 fully saturated rings. The van der Waals surface area contributed by atoms with Gasteiger partial charge < -0.3 is 0 Å². The number of pyridine rings is 2. The Morgan fingerprint density at radius 3 is 2.69 bits per heavy atom. The first kappa shape index (κ1) is 10.4. The van der Waals surface area contributed by atoms with Crippen molar-refractivity contribution in [1.82, 2.24) is 9.97 Å². The topological polar surface area (TPSA) is 59.9 Å². The smallest absolute Gasteiger partial charge is 0.229 e. The second-order valence-electron chi connectivity index (χ2n) is 3.58. The van der Waals surface area contributed by atoms with Gasteiger partial charge in [0.1, 0.15) is 0 Å². The minimum absolute atomic E-state index is 0.408. The van der Waals surface area contributed by atoms with Gasteiger partial charge in [0.15, 0.2) is 11.4 Å². The van der Waals surface area contributed by atoms with Gasteiger partial charge in [0.05, 0.1) is 0 Å². The molecule has 4 heteroatoms. The molecule has 0 radical (unpaired) electrons. The van der Waals surface area contributed by atoms with Crippen LogP contribution < -0.4 is 0 Å². The number of Topliss-reactive ketones (excluding diaryl/α,β-unsaturated/α-hetero) is 2. The Labute approximate surface area is 92.3 Å². The highest BCUT2D eigenvalue weighted by Crippen LogP contribution is 2.19. The molecule has 2 aromatic rings. The van der Waals surface area contributed by atoms with Crippen LogP contribution in [-0.4, -0.2) is 21.5 Å². The first-order valence-electron chi connectivity index (χ1n) is 4.87. The number of nitrogens with zero attached hydrogens (tertiary/aromatic N) is 2. The molecule has 0 N–H and O–H groups in total. The van der Waals surface area contributed by atoms with E-state index in [0.29, 0.717) is 22.2 Å². The van der Waals surface area contributed by atoms with Crippen molar-refractivity contribution in [2.45, 2.75) is 13.8 Å². The maximum absolute atomic E-state index is 11.8. The Morgan fingerprint density at radius 2 is 2.00 bits per heavy atom. The predicted molar refractivity (Wildman–Crippen MR) is 59.3 cm³/mol. The lowest BCUT2D eigenvalue weighted by molar-refractivity contribution is -0.113. The van der Waals surface area contributed by atoms with Crippen molar-refractivity contribution in [3.63, 3.8) is 0 Å². The maximum Gasteiger partial charge on any atom is 0.229 e. The minimum Gasteiger partial charge on any atom is -0.291 e. The SMILES string of the molecule is CC(=O)C(=O)c1c(C)cnc2ncccc12. The van der Waals surface area contributed by atoms with Crippen molar-refractivity contribution >= 4 is 22.6 Å². The van der Waals surface area contributed by atoms with Gasteiger partial charge in [-0.3, -0.25) is 9.59 Å². The molecule has 2 aromatic heterocycles. The fraction of sp³-hybridized carbons (Fsp3) is 0.167. The van der Waals surface area contributed by atoms with E-state index in [1.165, 1.54) is 6.92 Å². The number of ketones is 2. The summed E-state index contributed by atoms with van der Waals surface area (Å²) < 4.78 is 0. The molecular formula is C12H10N2O2. The largest absolute Gasteiger partial charge is 0.291 e. The average Bonchev–Trinajstić information content (AvgIpc) is 2.28. The standard InChI is InChI=1S/C12H10N2O2/c1-7-6-14-12-9(4-3-5-13-12)10(7)11(16)8(2)15/h3-6H,1-2H3. The Kier molecular flexibility index (Phi) is 2.48. The summed E-state index contributed by atoms with van der Waals surface area (Å²) in [4.78, 5) is 31.1. The fourth-order valence-electron chi connectivity index (χ4n) is 1.61. The first-order valence-corrected chi connectivity index (χ1v) is 4.87. The number of aromatic nitrogens is 2. The number of aryl methyl sites for hydroxylation is 1. The molecule has 2 rings (SSSR count). The molecule has 0 aliphatic rings. The first-order chi connectivity index (χ1) is 7.61. The molecule has 0 atom stereocenters. The van der Waals surface area contributed by atoms with E-state index in [0.717, 1.165) is 0 Å². The van der Waals surface area contributed by atoms with Gasteiger partial charge in [0.25, 0.3) is 0 Å². The van der Waals surface area contributed by atoms with Crippen LogP contribution in [0.2, 0.25) is 0 Å². The zero-order valence-electron chi connectivity index (χ0n) is 9.02. The summed E-state index contributed by atoms with van der Waals surface area (Å²) in [6.07, 6.45) is 3.16. The number of fused-ring (bicyclic) bond motifs is 1. The van der Waals surface area contributed by atoms with E-state index in [2.05, 4.69) is 9.97 Å². The average molecular weight is 214 g/mol. The molecule has 16 heavy (non-hydrogen) atoms. The number of hydrogen-bond donors (Lipinski definition) is 0. The van der Waals surface area contributed by atoms with Gasteiger partial charge in [-0.1, -0.05) is 0 Å². The van der Waals surface area contributed by atoms with Crippen molar-refractivity contribution in [2.24, 2.45) is 0 Å². The lowest BCUT2D eigenvalue weighted by Gasteiger charge is -2.05. The van der Waals surface area contributed by atoms with E-state index in [1.807, 2.05) is 0 Å². The van der Waals surface area contributed by atoms with Crippen LogP contribution in [0.5, 0.6) is 0 Å². The molecule has 0 saturated carbocycles. The molecule has 4 nitrogen and oxygen atoms in total. The van der Waals surface area contributed by atoms with Crippen LogP contribution >= 0.6 is 0 Å². The summed E-state index contributed by atoms with van der Waals surface area (Å²) >= 11 is 0. The van der Waals surface area contributed by atoms with Crippen LogP contribution in [0, 0.1) is 6.92 Å². The van der Waals surface area contributed by atoms with Crippen molar-refractivity contribution in [3.8, 4) is 0 Å². The Hall–Kier alpha value is -2.10. The van der Waals surface area contributed by atoms with Gasteiger partial charge in [-0.25, -0.2) is 9.97 Å². The van der Waals surface area contributed by atoms with E-state index >= 15 is 0 Å². The van der Waals surface area contributed by atoms with Crippen LogP contribution in [0.1, 0.15) is 22.8 Å². The zero-order valence-corrected chi connectivity index (χ0v) is 9.02. The molecule has 0 amide bonds. The third-order valence-electron chi connectivity index (χ3n) is 2.38. The lowest BCUT2D eigenvalue weighted by Crippen LogP contribution is -2.12. The summed E-state index contributed by atoms with van der Waals surface area (Å²) in [6, 6.07) is 3.47. The van der Waals surface area contributed by atoms with Gasteiger partial charge in [-0.2, -0.15) is 0 Å². The molecule has 0 aromatic carbocycles. The summed E-state index contributed by atoms with van der Waals surface area (Å²) in [5, 5.41) is 0.628. The molecule has 80 valence electrons. The quantitative estimate of drug-likeness (QED) is 0.564. The number of hydrogen-bond acceptors (Lipinski definition) is 4. The second kappa shape index (κ2) is 3.81. The highest BCUT2D eigenvalue weighted by atomic mass is 16.2. The number of carbonyl (C=O) groups is 2. The molecule has 0 aliphatic carbocycles. The number of rotatable bonds is 2. The molecule has 2 heterocycles. The molecule has 0 bridgehead atoms. The second-order valence-corrected chi connectivity index (χ2v) is 3.58. The zero-order chi connectivity index (χ0) is 11.7. The number of carbonyl (C=O) groups excluding carboxylic acids is 2.